The number of nitrogens with one attached hydrogen (secondary N) is 1. The predicted molar refractivity (Wildman–Crippen MR) is 118 cm³/mol. The lowest BCUT2D eigenvalue weighted by Crippen LogP contribution is -2.45. The molecule has 0 amide bonds. The Morgan fingerprint density at radius 1 is 1.23 bits per heavy atom. The summed E-state index contributed by atoms with van der Waals surface area (Å²) in [5.74, 6) is 1.25. The van der Waals surface area contributed by atoms with Gasteiger partial charge in [-0.05, 0) is 50.8 Å². The van der Waals surface area contributed by atoms with Gasteiger partial charge in [0.15, 0.2) is 0 Å². The van der Waals surface area contributed by atoms with Crippen molar-refractivity contribution >= 4 is 16.7 Å². The van der Waals surface area contributed by atoms with Gasteiger partial charge in [0.05, 0.1) is 13.3 Å². The van der Waals surface area contributed by atoms with Crippen LogP contribution in [0.1, 0.15) is 27.2 Å². The summed E-state index contributed by atoms with van der Waals surface area (Å²) in [5, 5.41) is 13.8. The topological polar surface area (TPSA) is 85.2 Å². The molecule has 1 atom stereocenters. The van der Waals surface area contributed by atoms with Crippen molar-refractivity contribution in [3.8, 4) is 17.0 Å². The van der Waals surface area contributed by atoms with Crippen LogP contribution in [0.2, 0.25) is 0 Å². The third kappa shape index (κ3) is 4.00. The standard InChI is InChI=1S/C22H28N6O2/c1-22(2,3)24-15-7-9-28(13-15)21-23-12-18(25-26-21)17-11-16-14(10-19(17)30-5)6-8-27(4)20(16)29/h6,8,10-12,15,24H,7,9,13H2,1-5H3. The van der Waals surface area contributed by atoms with E-state index in [0.717, 1.165) is 24.9 Å². The summed E-state index contributed by atoms with van der Waals surface area (Å²) >= 11 is 0. The fourth-order valence-electron chi connectivity index (χ4n) is 3.95. The van der Waals surface area contributed by atoms with E-state index in [1.807, 2.05) is 12.1 Å². The van der Waals surface area contributed by atoms with Crippen LogP contribution in [-0.2, 0) is 7.05 Å². The van der Waals surface area contributed by atoms with Crippen molar-refractivity contribution in [3.63, 3.8) is 0 Å². The first-order chi connectivity index (χ1) is 14.2. The maximum Gasteiger partial charge on any atom is 0.258 e. The van der Waals surface area contributed by atoms with Gasteiger partial charge in [-0.3, -0.25) is 4.79 Å². The molecule has 1 unspecified atom stereocenters. The number of hydrogen-bond donors (Lipinski definition) is 1. The summed E-state index contributed by atoms with van der Waals surface area (Å²) in [4.78, 5) is 19.2. The number of fused-ring (bicyclic) bond motifs is 1. The quantitative estimate of drug-likeness (QED) is 0.709. The number of rotatable bonds is 4. The molecule has 1 aromatic carbocycles. The zero-order valence-corrected chi connectivity index (χ0v) is 18.1. The molecule has 0 aliphatic carbocycles. The fraction of sp³-hybridized carbons (Fsp3) is 0.455. The van der Waals surface area contributed by atoms with Crippen LogP contribution < -0.4 is 20.5 Å². The molecule has 1 aliphatic rings. The maximum absolute atomic E-state index is 12.5. The second-order valence-corrected chi connectivity index (χ2v) is 8.84. The van der Waals surface area contributed by atoms with Gasteiger partial charge in [0.2, 0.25) is 5.95 Å². The molecule has 0 saturated carbocycles. The zero-order chi connectivity index (χ0) is 21.5. The van der Waals surface area contributed by atoms with Crippen molar-refractivity contribution in [2.24, 2.45) is 7.05 Å². The number of anilines is 1. The molecule has 8 heteroatoms. The monoisotopic (exact) mass is 408 g/mol. The Morgan fingerprint density at radius 3 is 2.70 bits per heavy atom. The largest absolute Gasteiger partial charge is 0.496 e. The van der Waals surface area contributed by atoms with Gasteiger partial charge in [-0.2, -0.15) is 0 Å². The number of aryl methyl sites for hydroxylation is 1. The minimum atomic E-state index is -0.0663. The van der Waals surface area contributed by atoms with E-state index in [-0.39, 0.29) is 11.1 Å². The summed E-state index contributed by atoms with van der Waals surface area (Å²) in [6.07, 6.45) is 4.49. The Balaban J connectivity index is 1.62. The van der Waals surface area contributed by atoms with Crippen LogP contribution in [0.5, 0.6) is 5.75 Å². The van der Waals surface area contributed by atoms with E-state index in [4.69, 9.17) is 4.74 Å². The Hall–Kier alpha value is -3.00. The maximum atomic E-state index is 12.5. The number of hydrogen-bond acceptors (Lipinski definition) is 7. The molecule has 1 saturated heterocycles. The Bertz CT molecular complexity index is 1120. The van der Waals surface area contributed by atoms with Crippen molar-refractivity contribution in [2.45, 2.75) is 38.8 Å². The highest BCUT2D eigenvalue weighted by atomic mass is 16.5. The molecular weight excluding hydrogens is 380 g/mol. The van der Waals surface area contributed by atoms with Crippen molar-refractivity contribution in [1.82, 2.24) is 25.1 Å². The van der Waals surface area contributed by atoms with Gasteiger partial charge in [-0.1, -0.05) is 0 Å². The van der Waals surface area contributed by atoms with Gasteiger partial charge < -0.3 is 19.5 Å². The fourth-order valence-corrected chi connectivity index (χ4v) is 3.95. The highest BCUT2D eigenvalue weighted by Crippen LogP contribution is 2.32. The average Bonchev–Trinajstić information content (AvgIpc) is 3.17. The second kappa shape index (κ2) is 7.68. The van der Waals surface area contributed by atoms with Crippen LogP contribution in [0.25, 0.3) is 22.0 Å². The molecule has 1 N–H and O–H groups in total. The van der Waals surface area contributed by atoms with E-state index < -0.39 is 0 Å². The molecule has 158 valence electrons. The first-order valence-electron chi connectivity index (χ1n) is 10.2. The minimum absolute atomic E-state index is 0.0663. The normalized spacial score (nSPS) is 17.0. The van der Waals surface area contributed by atoms with E-state index in [0.29, 0.717) is 34.4 Å². The van der Waals surface area contributed by atoms with Gasteiger partial charge in [0.25, 0.3) is 5.56 Å². The number of methoxy groups -OCH3 is 1. The first-order valence-corrected chi connectivity index (χ1v) is 10.2. The number of nitrogens with zero attached hydrogens (tertiary/aromatic N) is 5. The lowest BCUT2D eigenvalue weighted by atomic mass is 10.1. The van der Waals surface area contributed by atoms with Crippen LogP contribution in [0.3, 0.4) is 0 Å². The third-order valence-electron chi connectivity index (χ3n) is 5.33. The van der Waals surface area contributed by atoms with Crippen LogP contribution in [-0.4, -0.2) is 51.5 Å². The number of ether oxygens (including phenoxy) is 1. The van der Waals surface area contributed by atoms with Crippen molar-refractivity contribution < 1.29 is 4.74 Å². The van der Waals surface area contributed by atoms with Gasteiger partial charge in [-0.15, -0.1) is 10.2 Å². The summed E-state index contributed by atoms with van der Waals surface area (Å²) in [6, 6.07) is 5.96. The lowest BCUT2D eigenvalue weighted by Gasteiger charge is -2.25. The molecule has 1 aliphatic heterocycles. The van der Waals surface area contributed by atoms with Gasteiger partial charge in [-0.25, -0.2) is 4.98 Å². The summed E-state index contributed by atoms with van der Waals surface area (Å²) in [6.45, 7) is 8.27. The van der Waals surface area contributed by atoms with E-state index >= 15 is 0 Å². The van der Waals surface area contributed by atoms with Gasteiger partial charge >= 0.3 is 0 Å². The van der Waals surface area contributed by atoms with Crippen LogP contribution in [0.15, 0.2) is 35.4 Å². The summed E-state index contributed by atoms with van der Waals surface area (Å²) in [7, 11) is 3.34. The van der Waals surface area contributed by atoms with Crippen LogP contribution >= 0.6 is 0 Å². The van der Waals surface area contributed by atoms with Crippen LogP contribution in [0.4, 0.5) is 5.95 Å². The smallest absolute Gasteiger partial charge is 0.258 e. The molecule has 30 heavy (non-hydrogen) atoms. The number of benzene rings is 1. The lowest BCUT2D eigenvalue weighted by molar-refractivity contribution is 0.373. The third-order valence-corrected chi connectivity index (χ3v) is 5.33. The first kappa shape index (κ1) is 20.3. The molecular formula is C22H28N6O2. The molecule has 0 radical (unpaired) electrons. The zero-order valence-electron chi connectivity index (χ0n) is 18.1. The van der Waals surface area contributed by atoms with Crippen molar-refractivity contribution in [1.29, 1.82) is 0 Å². The van der Waals surface area contributed by atoms with E-state index in [1.165, 1.54) is 0 Å². The summed E-state index contributed by atoms with van der Waals surface area (Å²) in [5.41, 5.74) is 1.29. The Kier molecular flexibility index (Phi) is 5.19. The van der Waals surface area contributed by atoms with E-state index in [9.17, 15) is 4.79 Å². The minimum Gasteiger partial charge on any atom is -0.496 e. The van der Waals surface area contributed by atoms with E-state index in [1.54, 1.807) is 37.2 Å². The molecule has 1 fully saturated rings. The average molecular weight is 409 g/mol. The van der Waals surface area contributed by atoms with Gasteiger partial charge in [0, 0.05) is 48.9 Å². The molecule has 4 rings (SSSR count). The highest BCUT2D eigenvalue weighted by Gasteiger charge is 2.27. The molecule has 0 spiro atoms. The second-order valence-electron chi connectivity index (χ2n) is 8.84. The van der Waals surface area contributed by atoms with E-state index in [2.05, 4.69) is 46.2 Å². The molecule has 3 aromatic rings. The SMILES string of the molecule is COc1cc2ccn(C)c(=O)c2cc1-c1cnc(N2CCC(NC(C)(C)C)C2)nn1. The molecule has 2 aromatic heterocycles. The number of aromatic nitrogens is 4. The highest BCUT2D eigenvalue weighted by molar-refractivity contribution is 5.89. The predicted octanol–water partition coefficient (Wildman–Crippen LogP) is 2.37. The van der Waals surface area contributed by atoms with Crippen molar-refractivity contribution in [3.05, 3.63) is 40.9 Å². The van der Waals surface area contributed by atoms with Gasteiger partial charge in [0.1, 0.15) is 11.4 Å². The Labute approximate surface area is 175 Å². The molecule has 3 heterocycles. The summed E-state index contributed by atoms with van der Waals surface area (Å²) < 4.78 is 7.10. The number of pyridine rings is 1. The van der Waals surface area contributed by atoms with Crippen LogP contribution in [0, 0.1) is 0 Å². The Morgan fingerprint density at radius 2 is 2.03 bits per heavy atom. The molecule has 8 nitrogen and oxygen atoms in total. The molecule has 0 bridgehead atoms. The van der Waals surface area contributed by atoms with Crippen molar-refractivity contribution in [2.75, 3.05) is 25.1 Å².